The van der Waals surface area contributed by atoms with Gasteiger partial charge in [0.15, 0.2) is 0 Å². The molecule has 0 fully saturated rings. The molecule has 26 heavy (non-hydrogen) atoms. The van der Waals surface area contributed by atoms with Crippen molar-refractivity contribution in [2.75, 3.05) is 0 Å². The van der Waals surface area contributed by atoms with Crippen LogP contribution in [0, 0.1) is 31.6 Å². The van der Waals surface area contributed by atoms with E-state index in [1.54, 1.807) is 17.5 Å². The van der Waals surface area contributed by atoms with E-state index in [0.29, 0.717) is 16.3 Å². The van der Waals surface area contributed by atoms with E-state index in [9.17, 15) is 25.5 Å². The number of aromatic nitrogens is 1. The van der Waals surface area contributed by atoms with E-state index in [0.717, 1.165) is 0 Å². The molecule has 0 spiro atoms. The number of nitrogens with zero attached hydrogens (tertiary/aromatic N) is 4. The lowest BCUT2D eigenvalue weighted by atomic mass is 10.1. The van der Waals surface area contributed by atoms with Gasteiger partial charge in [-0.2, -0.15) is 5.26 Å². The van der Waals surface area contributed by atoms with Gasteiger partial charge in [-0.25, -0.2) is 4.98 Å². The number of non-ortho nitro benzene ring substituents is 1. The second-order valence-electron chi connectivity index (χ2n) is 4.94. The predicted molar refractivity (Wildman–Crippen MR) is 93.1 cm³/mol. The van der Waals surface area contributed by atoms with Crippen molar-refractivity contribution >= 4 is 34.6 Å². The second kappa shape index (κ2) is 6.96. The summed E-state index contributed by atoms with van der Waals surface area (Å²) in [5.41, 5.74) is 1.39. The summed E-state index contributed by atoms with van der Waals surface area (Å²) in [5, 5.41) is 32.8. The van der Waals surface area contributed by atoms with Gasteiger partial charge in [0.1, 0.15) is 21.8 Å². The monoisotopic (exact) mass is 368 g/mol. The molecule has 0 atom stereocenters. The molecule has 128 valence electrons. The molecule has 0 unspecified atom stereocenters. The van der Waals surface area contributed by atoms with Gasteiger partial charge in [-0.05, 0) is 18.2 Å². The number of nitro groups is 2. The summed E-state index contributed by atoms with van der Waals surface area (Å²) in [4.78, 5) is 24.5. The summed E-state index contributed by atoms with van der Waals surface area (Å²) in [6, 6.07) is 10.5. The maximum Gasteiger partial charge on any atom is 0.433 e. The average molecular weight is 368 g/mol. The van der Waals surface area contributed by atoms with E-state index in [-0.39, 0.29) is 17.0 Å². The molecular formula is C16H8N4O5S. The summed E-state index contributed by atoms with van der Waals surface area (Å²) in [5.74, 6) is -0.250. The van der Waals surface area contributed by atoms with Crippen LogP contribution in [0.1, 0.15) is 10.8 Å². The Kier molecular flexibility index (Phi) is 4.55. The Hall–Kier alpha value is -3.84. The summed E-state index contributed by atoms with van der Waals surface area (Å²) < 4.78 is 5.01. The summed E-state index contributed by atoms with van der Waals surface area (Å²) in [6.45, 7) is 0. The predicted octanol–water partition coefficient (Wildman–Crippen LogP) is 4.28. The zero-order valence-corrected chi connectivity index (χ0v) is 13.7. The largest absolute Gasteiger partial charge is 0.433 e. The van der Waals surface area contributed by atoms with E-state index in [2.05, 4.69) is 4.98 Å². The van der Waals surface area contributed by atoms with Crippen LogP contribution in [0.2, 0.25) is 0 Å². The maximum absolute atomic E-state index is 10.7. The number of hydrogen-bond donors (Lipinski definition) is 0. The molecule has 3 aromatic rings. The van der Waals surface area contributed by atoms with Gasteiger partial charge in [0, 0.05) is 29.2 Å². The van der Waals surface area contributed by atoms with Crippen molar-refractivity contribution < 1.29 is 14.3 Å². The fraction of sp³-hybridized carbons (Fsp3) is 0. The van der Waals surface area contributed by atoms with E-state index in [1.165, 1.54) is 41.7 Å². The molecule has 9 nitrogen and oxygen atoms in total. The van der Waals surface area contributed by atoms with Crippen molar-refractivity contribution in [2.24, 2.45) is 0 Å². The number of furan rings is 1. The van der Waals surface area contributed by atoms with Crippen LogP contribution >= 0.6 is 11.3 Å². The number of rotatable bonds is 5. The van der Waals surface area contributed by atoms with Gasteiger partial charge < -0.3 is 4.42 Å². The molecule has 0 bridgehead atoms. The van der Waals surface area contributed by atoms with E-state index >= 15 is 0 Å². The van der Waals surface area contributed by atoms with Crippen LogP contribution in [0.4, 0.5) is 11.6 Å². The Bertz CT molecular complexity index is 1060. The Morgan fingerprint density at radius 1 is 1.15 bits per heavy atom. The van der Waals surface area contributed by atoms with Crippen molar-refractivity contribution in [3.8, 4) is 17.3 Å². The Morgan fingerprint density at radius 3 is 2.46 bits per heavy atom. The molecule has 0 N–H and O–H groups in total. The molecule has 0 aliphatic heterocycles. The first kappa shape index (κ1) is 17.0. The van der Waals surface area contributed by atoms with Crippen LogP contribution in [0.25, 0.3) is 22.9 Å². The third-order valence-corrected chi connectivity index (χ3v) is 4.18. The van der Waals surface area contributed by atoms with Crippen LogP contribution in [-0.4, -0.2) is 14.8 Å². The van der Waals surface area contributed by atoms with E-state index in [4.69, 9.17) is 4.42 Å². The number of nitriles is 1. The van der Waals surface area contributed by atoms with Gasteiger partial charge in [-0.15, -0.1) is 11.3 Å². The van der Waals surface area contributed by atoms with Crippen LogP contribution in [-0.2, 0) is 0 Å². The standard InChI is InChI=1S/C16H8N4O5S/c17-8-11(7-13-5-6-15(25-13)20(23)24)16-18-14(9-26-16)10-1-3-12(4-2-10)19(21)22/h1-7,9H/b11-7-. The molecule has 1 aromatic carbocycles. The van der Waals surface area contributed by atoms with E-state index in [1.807, 2.05) is 6.07 Å². The molecule has 0 aliphatic carbocycles. The lowest BCUT2D eigenvalue weighted by molar-refractivity contribution is -0.402. The quantitative estimate of drug-likeness (QED) is 0.372. The third kappa shape index (κ3) is 3.47. The normalized spacial score (nSPS) is 11.1. The highest BCUT2D eigenvalue weighted by Gasteiger charge is 2.14. The third-order valence-electron chi connectivity index (χ3n) is 3.31. The molecule has 0 radical (unpaired) electrons. The highest BCUT2D eigenvalue weighted by atomic mass is 32.1. The number of benzene rings is 1. The van der Waals surface area contributed by atoms with Gasteiger partial charge >= 0.3 is 5.88 Å². The molecule has 0 saturated carbocycles. The minimum Gasteiger partial charge on any atom is -0.401 e. The molecule has 2 heterocycles. The van der Waals surface area contributed by atoms with Gasteiger partial charge in [0.25, 0.3) is 5.69 Å². The first-order chi connectivity index (χ1) is 12.5. The van der Waals surface area contributed by atoms with Gasteiger partial charge in [0.2, 0.25) is 0 Å². The highest BCUT2D eigenvalue weighted by Crippen LogP contribution is 2.29. The van der Waals surface area contributed by atoms with Crippen molar-refractivity contribution in [2.45, 2.75) is 0 Å². The Morgan fingerprint density at radius 2 is 1.88 bits per heavy atom. The fourth-order valence-corrected chi connectivity index (χ4v) is 2.88. The van der Waals surface area contributed by atoms with Crippen LogP contribution < -0.4 is 0 Å². The molecule has 2 aromatic heterocycles. The minimum absolute atomic E-state index is 0.0266. The van der Waals surface area contributed by atoms with Gasteiger partial charge in [-0.3, -0.25) is 20.2 Å². The van der Waals surface area contributed by atoms with Crippen molar-refractivity contribution in [3.05, 3.63) is 72.8 Å². The van der Waals surface area contributed by atoms with Crippen LogP contribution in [0.5, 0.6) is 0 Å². The number of nitro benzene ring substituents is 1. The van der Waals surface area contributed by atoms with Crippen molar-refractivity contribution in [1.82, 2.24) is 4.98 Å². The topological polar surface area (TPSA) is 136 Å². The molecule has 3 rings (SSSR count). The lowest BCUT2D eigenvalue weighted by Crippen LogP contribution is -1.87. The molecular weight excluding hydrogens is 360 g/mol. The molecule has 0 saturated heterocycles. The summed E-state index contributed by atoms with van der Waals surface area (Å²) in [7, 11) is 0. The van der Waals surface area contributed by atoms with Crippen molar-refractivity contribution in [3.63, 3.8) is 0 Å². The lowest BCUT2D eigenvalue weighted by Gasteiger charge is -1.96. The average Bonchev–Trinajstić information content (AvgIpc) is 3.29. The van der Waals surface area contributed by atoms with Crippen molar-refractivity contribution in [1.29, 1.82) is 5.26 Å². The van der Waals surface area contributed by atoms with Crippen LogP contribution in [0.3, 0.4) is 0 Å². The number of hydrogen-bond acceptors (Lipinski definition) is 8. The number of thiazole rings is 1. The number of allylic oxidation sites excluding steroid dienone is 1. The first-order valence-corrected chi connectivity index (χ1v) is 7.92. The molecule has 10 heteroatoms. The zero-order chi connectivity index (χ0) is 18.7. The van der Waals surface area contributed by atoms with Gasteiger partial charge in [-0.1, -0.05) is 0 Å². The zero-order valence-electron chi connectivity index (χ0n) is 12.9. The summed E-state index contributed by atoms with van der Waals surface area (Å²) in [6.07, 6.45) is 1.37. The first-order valence-electron chi connectivity index (χ1n) is 7.04. The fourth-order valence-electron chi connectivity index (χ4n) is 2.09. The summed E-state index contributed by atoms with van der Waals surface area (Å²) >= 11 is 1.21. The minimum atomic E-state index is -0.667. The van der Waals surface area contributed by atoms with Crippen LogP contribution in [0.15, 0.2) is 46.2 Å². The smallest absolute Gasteiger partial charge is 0.401 e. The Labute approximate surface area is 149 Å². The SMILES string of the molecule is N#C/C(=C/c1ccc([N+](=O)[O-])o1)c1nc(-c2ccc([N+](=O)[O-])cc2)cs1. The second-order valence-corrected chi connectivity index (χ2v) is 5.80. The molecule has 0 amide bonds. The van der Waals surface area contributed by atoms with E-state index < -0.39 is 15.7 Å². The Balaban J connectivity index is 1.89. The molecule has 0 aliphatic rings. The highest BCUT2D eigenvalue weighted by molar-refractivity contribution is 7.11. The maximum atomic E-state index is 10.7. The van der Waals surface area contributed by atoms with Gasteiger partial charge in [0.05, 0.1) is 22.3 Å².